The standard InChI is InChI=1S/C6H13N3O2/c1-6(2,4-10)5(11-3)8-9-7/h5,10H,4H2,1-3H3. The van der Waals surface area contributed by atoms with Crippen molar-refractivity contribution in [3.05, 3.63) is 10.4 Å². The van der Waals surface area contributed by atoms with E-state index in [9.17, 15) is 0 Å². The minimum Gasteiger partial charge on any atom is -0.396 e. The lowest BCUT2D eigenvalue weighted by Crippen LogP contribution is -2.32. The molecule has 0 heterocycles. The van der Waals surface area contributed by atoms with E-state index in [1.54, 1.807) is 13.8 Å². The first-order valence-corrected chi connectivity index (χ1v) is 3.26. The zero-order chi connectivity index (χ0) is 8.91. The first kappa shape index (κ1) is 10.2. The largest absolute Gasteiger partial charge is 0.396 e. The van der Waals surface area contributed by atoms with E-state index in [2.05, 4.69) is 10.0 Å². The minimum atomic E-state index is -0.613. The Balaban J connectivity index is 4.34. The molecule has 0 saturated carbocycles. The van der Waals surface area contributed by atoms with Crippen LogP contribution >= 0.6 is 0 Å². The quantitative estimate of drug-likeness (QED) is 0.381. The zero-order valence-corrected chi connectivity index (χ0v) is 6.98. The van der Waals surface area contributed by atoms with Crippen molar-refractivity contribution < 1.29 is 9.84 Å². The molecule has 0 aromatic heterocycles. The van der Waals surface area contributed by atoms with Crippen molar-refractivity contribution in [2.45, 2.75) is 20.1 Å². The van der Waals surface area contributed by atoms with Crippen LogP contribution in [-0.4, -0.2) is 25.1 Å². The number of aliphatic hydroxyl groups is 1. The van der Waals surface area contributed by atoms with Gasteiger partial charge in [-0.2, -0.15) is 0 Å². The number of ether oxygens (including phenoxy) is 1. The molecule has 0 bridgehead atoms. The maximum Gasteiger partial charge on any atom is 0.143 e. The number of hydrogen-bond acceptors (Lipinski definition) is 3. The Labute approximate surface area is 65.6 Å². The molecule has 5 nitrogen and oxygen atoms in total. The second-order valence-electron chi connectivity index (χ2n) is 2.94. The normalized spacial score (nSPS) is 13.8. The van der Waals surface area contributed by atoms with Gasteiger partial charge in [0, 0.05) is 17.4 Å². The number of rotatable bonds is 4. The van der Waals surface area contributed by atoms with Crippen molar-refractivity contribution in [3.63, 3.8) is 0 Å². The molecule has 0 aliphatic carbocycles. The van der Waals surface area contributed by atoms with Gasteiger partial charge in [0.15, 0.2) is 0 Å². The number of methoxy groups -OCH3 is 1. The summed E-state index contributed by atoms with van der Waals surface area (Å²) in [4.78, 5) is 2.61. The third-order valence-electron chi connectivity index (χ3n) is 1.46. The van der Waals surface area contributed by atoms with Crippen LogP contribution < -0.4 is 0 Å². The van der Waals surface area contributed by atoms with Gasteiger partial charge in [0.05, 0.1) is 6.61 Å². The molecule has 11 heavy (non-hydrogen) atoms. The summed E-state index contributed by atoms with van der Waals surface area (Å²) in [7, 11) is 1.44. The highest BCUT2D eigenvalue weighted by Gasteiger charge is 2.27. The molecule has 1 unspecified atom stereocenters. The molecule has 1 atom stereocenters. The third kappa shape index (κ3) is 2.76. The molecular weight excluding hydrogens is 146 g/mol. The van der Waals surface area contributed by atoms with Gasteiger partial charge in [-0.3, -0.25) is 0 Å². The van der Waals surface area contributed by atoms with E-state index in [4.69, 9.17) is 15.4 Å². The number of aliphatic hydroxyl groups excluding tert-OH is 1. The van der Waals surface area contributed by atoms with Crippen molar-refractivity contribution in [2.75, 3.05) is 13.7 Å². The summed E-state index contributed by atoms with van der Waals surface area (Å²) < 4.78 is 4.87. The summed E-state index contributed by atoms with van der Waals surface area (Å²) in [6.45, 7) is 3.44. The van der Waals surface area contributed by atoms with Crippen LogP contribution in [0.5, 0.6) is 0 Å². The SMILES string of the molecule is COC(N=[N+]=[N-])C(C)(C)CO. The molecule has 0 saturated heterocycles. The second kappa shape index (κ2) is 4.18. The van der Waals surface area contributed by atoms with Crippen LogP contribution in [0.1, 0.15) is 13.8 Å². The Hall–Kier alpha value is -0.770. The van der Waals surface area contributed by atoms with E-state index in [0.29, 0.717) is 0 Å². The molecule has 0 aliphatic heterocycles. The van der Waals surface area contributed by atoms with Gasteiger partial charge in [-0.25, -0.2) is 0 Å². The zero-order valence-electron chi connectivity index (χ0n) is 6.98. The van der Waals surface area contributed by atoms with Crippen molar-refractivity contribution >= 4 is 0 Å². The molecule has 0 radical (unpaired) electrons. The Morgan fingerprint density at radius 3 is 2.55 bits per heavy atom. The highest BCUT2D eigenvalue weighted by Crippen LogP contribution is 2.22. The summed E-state index contributed by atoms with van der Waals surface area (Å²) in [5.41, 5.74) is 7.60. The molecule has 0 aromatic carbocycles. The fourth-order valence-corrected chi connectivity index (χ4v) is 0.647. The second-order valence-corrected chi connectivity index (χ2v) is 2.94. The number of nitrogens with zero attached hydrogens (tertiary/aromatic N) is 3. The van der Waals surface area contributed by atoms with Crippen LogP contribution in [0.4, 0.5) is 0 Å². The third-order valence-corrected chi connectivity index (χ3v) is 1.46. The minimum absolute atomic E-state index is 0.0788. The Bertz CT molecular complexity index is 163. The molecule has 5 heteroatoms. The van der Waals surface area contributed by atoms with Crippen molar-refractivity contribution in [2.24, 2.45) is 10.5 Å². The lowest BCUT2D eigenvalue weighted by Gasteiger charge is -2.27. The highest BCUT2D eigenvalue weighted by atomic mass is 16.5. The van der Waals surface area contributed by atoms with Crippen LogP contribution in [0.25, 0.3) is 10.4 Å². The van der Waals surface area contributed by atoms with Gasteiger partial charge in [0.25, 0.3) is 0 Å². The van der Waals surface area contributed by atoms with E-state index in [-0.39, 0.29) is 6.61 Å². The molecule has 0 spiro atoms. The van der Waals surface area contributed by atoms with Gasteiger partial charge in [-0.1, -0.05) is 19.0 Å². The van der Waals surface area contributed by atoms with Gasteiger partial charge >= 0.3 is 0 Å². The number of azide groups is 1. The van der Waals surface area contributed by atoms with E-state index in [1.807, 2.05) is 0 Å². The summed E-state index contributed by atoms with van der Waals surface area (Å²) in [6.07, 6.45) is -0.613. The van der Waals surface area contributed by atoms with Crippen molar-refractivity contribution in [1.82, 2.24) is 0 Å². The van der Waals surface area contributed by atoms with E-state index < -0.39 is 11.6 Å². The van der Waals surface area contributed by atoms with Gasteiger partial charge in [0.1, 0.15) is 6.23 Å². The lowest BCUT2D eigenvalue weighted by atomic mass is 9.93. The van der Waals surface area contributed by atoms with E-state index in [0.717, 1.165) is 0 Å². The molecule has 0 rings (SSSR count). The van der Waals surface area contributed by atoms with Crippen LogP contribution in [0.3, 0.4) is 0 Å². The lowest BCUT2D eigenvalue weighted by molar-refractivity contribution is -0.0188. The topological polar surface area (TPSA) is 78.2 Å². The van der Waals surface area contributed by atoms with Crippen LogP contribution in [0.2, 0.25) is 0 Å². The predicted octanol–water partition coefficient (Wildman–Crippen LogP) is 1.29. The van der Waals surface area contributed by atoms with E-state index >= 15 is 0 Å². The van der Waals surface area contributed by atoms with Crippen LogP contribution in [-0.2, 0) is 4.74 Å². The fraction of sp³-hybridized carbons (Fsp3) is 1.00. The van der Waals surface area contributed by atoms with Gasteiger partial charge in [-0.05, 0) is 5.53 Å². The van der Waals surface area contributed by atoms with Gasteiger partial charge < -0.3 is 9.84 Å². The molecule has 64 valence electrons. The summed E-state index contributed by atoms with van der Waals surface area (Å²) in [5.74, 6) is 0. The molecule has 0 amide bonds. The summed E-state index contributed by atoms with van der Waals surface area (Å²) in [5, 5.41) is 12.2. The summed E-state index contributed by atoms with van der Waals surface area (Å²) >= 11 is 0. The van der Waals surface area contributed by atoms with Crippen molar-refractivity contribution in [1.29, 1.82) is 0 Å². The Kier molecular flexibility index (Phi) is 3.89. The van der Waals surface area contributed by atoms with E-state index in [1.165, 1.54) is 7.11 Å². The molecule has 1 N–H and O–H groups in total. The van der Waals surface area contributed by atoms with Crippen LogP contribution in [0, 0.1) is 5.41 Å². The monoisotopic (exact) mass is 159 g/mol. The molecule has 0 aliphatic rings. The number of hydrogen-bond donors (Lipinski definition) is 1. The fourth-order valence-electron chi connectivity index (χ4n) is 0.647. The molecule has 0 fully saturated rings. The van der Waals surface area contributed by atoms with Gasteiger partial charge in [-0.15, -0.1) is 0 Å². The first-order valence-electron chi connectivity index (χ1n) is 3.26. The van der Waals surface area contributed by atoms with Crippen LogP contribution in [0.15, 0.2) is 5.11 Å². The Morgan fingerprint density at radius 2 is 2.27 bits per heavy atom. The predicted molar refractivity (Wildman–Crippen MR) is 40.8 cm³/mol. The van der Waals surface area contributed by atoms with Crippen molar-refractivity contribution in [3.8, 4) is 0 Å². The average molecular weight is 159 g/mol. The molecular formula is C6H13N3O2. The Morgan fingerprint density at radius 1 is 1.73 bits per heavy atom. The van der Waals surface area contributed by atoms with Gasteiger partial charge in [0.2, 0.25) is 0 Å². The maximum atomic E-state index is 8.86. The smallest absolute Gasteiger partial charge is 0.143 e. The maximum absolute atomic E-state index is 8.86. The average Bonchev–Trinajstić information content (AvgIpc) is 2.00. The molecule has 0 aromatic rings. The highest BCUT2D eigenvalue weighted by molar-refractivity contribution is 4.76. The summed E-state index contributed by atoms with van der Waals surface area (Å²) in [6, 6.07) is 0. The first-order chi connectivity index (χ1) is 5.08.